The van der Waals surface area contributed by atoms with Crippen LogP contribution in [0.2, 0.25) is 0 Å². The third kappa shape index (κ3) is 33.3. The molecule has 0 atom stereocenters. The first-order chi connectivity index (χ1) is 11.9. The number of aliphatic hydroxyl groups is 2. The summed E-state index contributed by atoms with van der Waals surface area (Å²) in [5, 5.41) is 16.2. The van der Waals surface area contributed by atoms with Crippen molar-refractivity contribution in [3.05, 3.63) is 0 Å². The lowest BCUT2D eigenvalue weighted by molar-refractivity contribution is 0.0496. The first-order valence-electron chi connectivity index (χ1n) is 6.76. The fourth-order valence-electron chi connectivity index (χ4n) is 0.643. The van der Waals surface area contributed by atoms with Crippen LogP contribution in [0.1, 0.15) is 7.43 Å². The van der Waals surface area contributed by atoms with E-state index in [0.29, 0.717) is 6.61 Å². The molecule has 0 amide bonds. The van der Waals surface area contributed by atoms with Gasteiger partial charge in [-0.2, -0.15) is 0 Å². The second-order valence-electron chi connectivity index (χ2n) is 3.35. The highest BCUT2D eigenvalue weighted by molar-refractivity contribution is 5.60. The van der Waals surface area contributed by atoms with Gasteiger partial charge >= 0.3 is 18.5 Å². The Morgan fingerprint density at radius 2 is 0.923 bits per heavy atom. The summed E-state index contributed by atoms with van der Waals surface area (Å²) >= 11 is 0. The van der Waals surface area contributed by atoms with Gasteiger partial charge in [-0.15, -0.1) is 0 Å². The van der Waals surface area contributed by atoms with Crippen molar-refractivity contribution in [2.24, 2.45) is 0 Å². The van der Waals surface area contributed by atoms with Crippen molar-refractivity contribution >= 4 is 18.5 Å². The third-order valence-electron chi connectivity index (χ3n) is 1.63. The average molecular weight is 390 g/mol. The highest BCUT2D eigenvalue weighted by Crippen LogP contribution is 1.81. The smallest absolute Gasteiger partial charge is 0.438 e. The van der Waals surface area contributed by atoms with E-state index in [4.69, 9.17) is 10.2 Å². The molecule has 0 saturated heterocycles. The summed E-state index contributed by atoms with van der Waals surface area (Å²) in [6.45, 7) is 0.280. The first-order valence-corrected chi connectivity index (χ1v) is 6.76. The van der Waals surface area contributed by atoms with Gasteiger partial charge in [0, 0.05) is 7.11 Å². The van der Waals surface area contributed by atoms with Crippen molar-refractivity contribution in [2.75, 3.05) is 68.1 Å². The van der Waals surface area contributed by atoms with E-state index in [1.54, 1.807) is 0 Å². The first kappa shape index (κ1) is 31.5. The van der Waals surface area contributed by atoms with E-state index in [-0.39, 0.29) is 40.5 Å². The highest BCUT2D eigenvalue weighted by Gasteiger charge is 1.97. The van der Waals surface area contributed by atoms with E-state index in [2.05, 4.69) is 33.2 Å². The molecule has 12 heteroatoms. The number of hydrogen-bond acceptors (Lipinski definition) is 12. The summed E-state index contributed by atoms with van der Waals surface area (Å²) < 4.78 is 29.8. The minimum Gasteiger partial charge on any atom is -0.438 e. The van der Waals surface area contributed by atoms with Crippen LogP contribution in [0.5, 0.6) is 0 Å². The molecule has 2 N–H and O–H groups in total. The summed E-state index contributed by atoms with van der Waals surface area (Å²) in [6.07, 6.45) is -2.20. The molecule has 0 rings (SSSR count). The second-order valence-corrected chi connectivity index (χ2v) is 3.35. The molecule has 158 valence electrons. The maximum absolute atomic E-state index is 10.2. The molecule has 0 aliphatic heterocycles. The molecule has 0 aliphatic rings. The second kappa shape index (κ2) is 27.5. The number of methoxy groups -OCH3 is 4. The van der Waals surface area contributed by atoms with Crippen LogP contribution in [0.25, 0.3) is 0 Å². The van der Waals surface area contributed by atoms with Crippen molar-refractivity contribution in [1.82, 2.24) is 0 Å². The van der Waals surface area contributed by atoms with Gasteiger partial charge in [-0.3, -0.25) is 0 Å². The molecular formula is C14H30O12. The number of aliphatic hydroxyl groups excluding tert-OH is 2. The molecule has 26 heavy (non-hydrogen) atoms. The summed E-state index contributed by atoms with van der Waals surface area (Å²) in [4.78, 5) is 30.2. The SMILES string of the molecule is C.COC(=O)OCCO.COC(=O)OCCO.COCCOC(=O)OC. The van der Waals surface area contributed by atoms with Crippen LogP contribution in [0.15, 0.2) is 0 Å². The normalized spacial score (nSPS) is 8.08. The summed E-state index contributed by atoms with van der Waals surface area (Å²) in [5.41, 5.74) is 0. The van der Waals surface area contributed by atoms with Crippen LogP contribution < -0.4 is 0 Å². The maximum Gasteiger partial charge on any atom is 0.508 e. The van der Waals surface area contributed by atoms with E-state index < -0.39 is 18.5 Å². The predicted octanol–water partition coefficient (Wildman–Crippen LogP) is 0.575. The largest absolute Gasteiger partial charge is 0.508 e. The summed E-state index contributed by atoms with van der Waals surface area (Å²) in [5.74, 6) is 0. The summed E-state index contributed by atoms with van der Waals surface area (Å²) in [7, 11) is 5.20. The Kier molecular flexibility index (Phi) is 33.3. The van der Waals surface area contributed by atoms with Gasteiger partial charge in [0.05, 0.1) is 41.2 Å². The average Bonchev–Trinajstić information content (AvgIpc) is 2.64. The predicted molar refractivity (Wildman–Crippen MR) is 87.8 cm³/mol. The molecular weight excluding hydrogens is 360 g/mol. The topological polar surface area (TPSA) is 156 Å². The molecule has 12 nitrogen and oxygen atoms in total. The fraction of sp³-hybridized carbons (Fsp3) is 0.786. The van der Waals surface area contributed by atoms with Crippen LogP contribution in [-0.4, -0.2) is 96.8 Å². The zero-order chi connectivity index (χ0) is 19.9. The minimum absolute atomic E-state index is 0. The van der Waals surface area contributed by atoms with E-state index >= 15 is 0 Å². The Balaban J connectivity index is -0.000000137. The van der Waals surface area contributed by atoms with Gasteiger partial charge in [0.25, 0.3) is 0 Å². The minimum atomic E-state index is -0.765. The van der Waals surface area contributed by atoms with Crippen molar-refractivity contribution in [3.63, 3.8) is 0 Å². The van der Waals surface area contributed by atoms with Gasteiger partial charge < -0.3 is 43.4 Å². The quantitative estimate of drug-likeness (QED) is 0.354. The Morgan fingerprint density at radius 3 is 1.15 bits per heavy atom. The lowest BCUT2D eigenvalue weighted by Gasteiger charge is -1.99. The lowest BCUT2D eigenvalue weighted by Crippen LogP contribution is -2.08. The van der Waals surface area contributed by atoms with Crippen LogP contribution in [0.3, 0.4) is 0 Å². The lowest BCUT2D eigenvalue weighted by atomic mass is 10.8. The molecule has 0 saturated carbocycles. The van der Waals surface area contributed by atoms with Crippen molar-refractivity contribution < 1.29 is 57.8 Å². The number of rotatable bonds is 7. The number of ether oxygens (including phenoxy) is 7. The molecule has 0 aromatic heterocycles. The third-order valence-corrected chi connectivity index (χ3v) is 1.63. The Hall–Kier alpha value is -2.31. The fourth-order valence-corrected chi connectivity index (χ4v) is 0.643. The Morgan fingerprint density at radius 1 is 0.615 bits per heavy atom. The van der Waals surface area contributed by atoms with Gasteiger partial charge in [-0.05, 0) is 0 Å². The molecule has 0 unspecified atom stereocenters. The standard InChI is InChI=1S/C5H10O4.2C4H8O4.CH4/c1-7-3-4-9-5(6)8-2;2*1-7-4(6)8-3-2-5;/h3-4H2,1-2H3;2*5H,2-3H2,1H3;1H4. The molecule has 0 aromatic rings. The molecule has 0 fully saturated rings. The zero-order valence-electron chi connectivity index (χ0n) is 14.7. The molecule has 0 radical (unpaired) electrons. The summed E-state index contributed by atoms with van der Waals surface area (Å²) in [6, 6.07) is 0. The van der Waals surface area contributed by atoms with Crippen molar-refractivity contribution in [2.45, 2.75) is 7.43 Å². The van der Waals surface area contributed by atoms with E-state index in [0.717, 1.165) is 0 Å². The van der Waals surface area contributed by atoms with Gasteiger partial charge in [0.2, 0.25) is 0 Å². The number of hydrogen-bond donors (Lipinski definition) is 2. The number of carbonyl (C=O) groups is 3. The van der Waals surface area contributed by atoms with Gasteiger partial charge in [0.15, 0.2) is 0 Å². The van der Waals surface area contributed by atoms with Crippen LogP contribution >= 0.6 is 0 Å². The highest BCUT2D eigenvalue weighted by atomic mass is 16.7. The van der Waals surface area contributed by atoms with Crippen molar-refractivity contribution in [1.29, 1.82) is 0 Å². The van der Waals surface area contributed by atoms with E-state index in [1.807, 2.05) is 0 Å². The molecule has 0 heterocycles. The maximum atomic E-state index is 10.2. The van der Waals surface area contributed by atoms with Crippen LogP contribution in [0.4, 0.5) is 14.4 Å². The molecule has 0 bridgehead atoms. The molecule has 0 spiro atoms. The van der Waals surface area contributed by atoms with Crippen molar-refractivity contribution in [3.8, 4) is 0 Å². The molecule has 0 aromatic carbocycles. The van der Waals surface area contributed by atoms with Crippen LogP contribution in [-0.2, 0) is 33.2 Å². The van der Waals surface area contributed by atoms with Crippen LogP contribution in [0, 0.1) is 0 Å². The van der Waals surface area contributed by atoms with Gasteiger partial charge in [0.1, 0.15) is 19.8 Å². The number of carbonyl (C=O) groups excluding carboxylic acids is 3. The monoisotopic (exact) mass is 390 g/mol. The van der Waals surface area contributed by atoms with E-state index in [1.165, 1.54) is 28.4 Å². The Bertz CT molecular complexity index is 301. The van der Waals surface area contributed by atoms with Gasteiger partial charge in [-0.25, -0.2) is 14.4 Å². The zero-order valence-corrected chi connectivity index (χ0v) is 14.7. The molecule has 0 aliphatic carbocycles. The van der Waals surface area contributed by atoms with Gasteiger partial charge in [-0.1, -0.05) is 7.43 Å². The van der Waals surface area contributed by atoms with E-state index in [9.17, 15) is 14.4 Å². The Labute approximate surface area is 152 Å².